The first-order valence-electron chi connectivity index (χ1n) is 1.58. The van der Waals surface area contributed by atoms with Crippen molar-refractivity contribution in [3.05, 3.63) is 12.3 Å². The van der Waals surface area contributed by atoms with E-state index in [1.165, 1.54) is 0 Å². The van der Waals surface area contributed by atoms with Crippen LogP contribution in [0.2, 0.25) is 0 Å². The van der Waals surface area contributed by atoms with Crippen LogP contribution in [0.5, 0.6) is 0 Å². The maximum atomic E-state index is 5.29. The molecule has 2 heteroatoms. The van der Waals surface area contributed by atoms with Crippen molar-refractivity contribution in [2.75, 3.05) is 5.50 Å². The lowest BCUT2D eigenvalue weighted by Gasteiger charge is -1.68. The average molecular weight is 107 g/mol. The third kappa shape index (κ3) is 4.25. The monoisotopic (exact) mass is 106 g/mol. The van der Waals surface area contributed by atoms with Gasteiger partial charge in [0.15, 0.2) is 0 Å². The quantitative estimate of drug-likeness (QED) is 0.355. The minimum atomic E-state index is -0.0386. The molecular weight excluding hydrogens is 99.6 g/mol. The van der Waals surface area contributed by atoms with Crippen LogP contribution in [0.25, 0.3) is 0 Å². The van der Waals surface area contributed by atoms with E-state index in [-0.39, 0.29) is 9.52 Å². The highest BCUT2D eigenvalue weighted by Crippen LogP contribution is 1.66. The smallest absolute Gasteiger partial charge is 0.0615 e. The number of hydrogen-bond donors (Lipinski definition) is 0. The molecule has 0 aliphatic heterocycles. The van der Waals surface area contributed by atoms with Crippen molar-refractivity contribution < 1.29 is 0 Å². The summed E-state index contributed by atoms with van der Waals surface area (Å²) >= 11 is 5.29. The summed E-state index contributed by atoms with van der Waals surface area (Å²) in [5, 5.41) is 0. The van der Waals surface area contributed by atoms with Gasteiger partial charge in [-0.15, -0.1) is 23.9 Å². The Morgan fingerprint density at radius 3 is 2.60 bits per heavy atom. The second kappa shape index (κ2) is 4.25. The van der Waals surface area contributed by atoms with E-state index in [0.717, 1.165) is 5.50 Å². The zero-order valence-corrected chi connectivity index (χ0v) is 5.25. The SMILES string of the molecule is C=C[SiH2]CCl. The largest absolute Gasteiger partial charge is 0.130 e. The van der Waals surface area contributed by atoms with Crippen LogP contribution in [0.3, 0.4) is 0 Å². The molecule has 0 bridgehead atoms. The van der Waals surface area contributed by atoms with E-state index in [9.17, 15) is 0 Å². The van der Waals surface area contributed by atoms with E-state index >= 15 is 0 Å². The van der Waals surface area contributed by atoms with Gasteiger partial charge in [0.1, 0.15) is 0 Å². The normalized spacial score (nSPS) is 9.80. The van der Waals surface area contributed by atoms with Gasteiger partial charge in [0.2, 0.25) is 0 Å². The molecule has 0 N–H and O–H groups in total. The molecule has 0 amide bonds. The summed E-state index contributed by atoms with van der Waals surface area (Å²) in [6.07, 6.45) is 0. The Kier molecular flexibility index (Phi) is 4.46. The Labute approximate surface area is 39.7 Å². The van der Waals surface area contributed by atoms with Crippen molar-refractivity contribution in [3.8, 4) is 0 Å². The van der Waals surface area contributed by atoms with Gasteiger partial charge < -0.3 is 0 Å². The van der Waals surface area contributed by atoms with Crippen molar-refractivity contribution >= 4 is 21.1 Å². The highest BCUT2D eigenvalue weighted by atomic mass is 35.5. The minimum Gasteiger partial charge on any atom is -0.130 e. The van der Waals surface area contributed by atoms with Crippen LogP contribution in [-0.4, -0.2) is 15.0 Å². The fourth-order valence-corrected chi connectivity index (χ4v) is 0.694. The molecule has 0 unspecified atom stereocenters. The number of rotatable bonds is 2. The summed E-state index contributed by atoms with van der Waals surface area (Å²) in [5.41, 5.74) is 2.77. The Bertz CT molecular complexity index is 28.1. The minimum absolute atomic E-state index is 0.0386. The highest BCUT2D eigenvalue weighted by Gasteiger charge is 1.66. The molecule has 0 aromatic heterocycles. The fraction of sp³-hybridized carbons (Fsp3) is 0.333. The van der Waals surface area contributed by atoms with Crippen LogP contribution in [0.15, 0.2) is 12.3 Å². The third-order valence-electron chi connectivity index (χ3n) is 0.313. The molecule has 0 heterocycles. The third-order valence-corrected chi connectivity index (χ3v) is 1.59. The van der Waals surface area contributed by atoms with Crippen LogP contribution < -0.4 is 0 Å². The van der Waals surface area contributed by atoms with Crippen LogP contribution in [0.1, 0.15) is 0 Å². The van der Waals surface area contributed by atoms with Gasteiger partial charge in [-0.25, -0.2) is 0 Å². The Morgan fingerprint density at radius 1 is 2.00 bits per heavy atom. The van der Waals surface area contributed by atoms with Crippen LogP contribution in [0.4, 0.5) is 0 Å². The topological polar surface area (TPSA) is 0 Å². The molecule has 0 radical (unpaired) electrons. The van der Waals surface area contributed by atoms with Crippen molar-refractivity contribution in [2.24, 2.45) is 0 Å². The lowest BCUT2D eigenvalue weighted by atomic mass is 11.3. The van der Waals surface area contributed by atoms with Gasteiger partial charge in [0.05, 0.1) is 9.52 Å². The van der Waals surface area contributed by atoms with E-state index in [1.54, 1.807) is 0 Å². The molecule has 0 spiro atoms. The van der Waals surface area contributed by atoms with Crippen molar-refractivity contribution in [1.82, 2.24) is 0 Å². The van der Waals surface area contributed by atoms with Crippen LogP contribution in [0, 0.1) is 0 Å². The van der Waals surface area contributed by atoms with Gasteiger partial charge in [0, 0.05) is 5.50 Å². The maximum Gasteiger partial charge on any atom is 0.0615 e. The molecule has 0 saturated carbocycles. The first-order chi connectivity index (χ1) is 2.41. The Hall–Kier alpha value is 0.247. The van der Waals surface area contributed by atoms with Gasteiger partial charge in [-0.05, 0) is 0 Å². The highest BCUT2D eigenvalue weighted by molar-refractivity contribution is 6.54. The van der Waals surface area contributed by atoms with Gasteiger partial charge in [-0.2, -0.15) is 0 Å². The van der Waals surface area contributed by atoms with Gasteiger partial charge in [0.25, 0.3) is 0 Å². The zero-order valence-electron chi connectivity index (χ0n) is 3.08. The summed E-state index contributed by atoms with van der Waals surface area (Å²) in [6.45, 7) is 3.53. The molecule has 0 aliphatic carbocycles. The van der Waals surface area contributed by atoms with Gasteiger partial charge in [-0.1, -0.05) is 0 Å². The zero-order chi connectivity index (χ0) is 4.12. The molecule has 0 saturated heterocycles. The predicted molar refractivity (Wildman–Crippen MR) is 29.5 cm³/mol. The molecule has 0 aliphatic rings. The number of halogens is 1. The van der Waals surface area contributed by atoms with Gasteiger partial charge >= 0.3 is 0 Å². The van der Waals surface area contributed by atoms with Crippen LogP contribution >= 0.6 is 11.6 Å². The summed E-state index contributed by atoms with van der Waals surface area (Å²) in [7, 11) is -0.0386. The molecule has 0 rings (SSSR count). The number of hydrogen-bond acceptors (Lipinski definition) is 0. The van der Waals surface area contributed by atoms with E-state index in [4.69, 9.17) is 11.6 Å². The second-order valence-corrected chi connectivity index (χ2v) is 3.43. The first kappa shape index (κ1) is 5.25. The lowest BCUT2D eigenvalue weighted by Crippen LogP contribution is -1.80. The molecule has 0 nitrogen and oxygen atoms in total. The fourth-order valence-electron chi connectivity index (χ4n) is 0.0772. The summed E-state index contributed by atoms with van der Waals surface area (Å²) in [4.78, 5) is 0. The standard InChI is InChI=1S/C3H7ClSi/c1-2-5-3-4/h2H,1,3,5H2. The van der Waals surface area contributed by atoms with Gasteiger partial charge in [-0.3, -0.25) is 0 Å². The summed E-state index contributed by atoms with van der Waals surface area (Å²) in [6, 6.07) is 0. The predicted octanol–water partition coefficient (Wildman–Crippen LogP) is 0.495. The summed E-state index contributed by atoms with van der Waals surface area (Å²) < 4.78 is 0. The molecular formula is C3H7ClSi. The van der Waals surface area contributed by atoms with E-state index < -0.39 is 0 Å². The first-order valence-corrected chi connectivity index (χ1v) is 3.93. The second-order valence-electron chi connectivity index (χ2n) is 0.766. The van der Waals surface area contributed by atoms with Crippen LogP contribution in [-0.2, 0) is 0 Å². The molecule has 0 aromatic rings. The van der Waals surface area contributed by atoms with Crippen molar-refractivity contribution in [2.45, 2.75) is 0 Å². The lowest BCUT2D eigenvalue weighted by molar-refractivity contribution is 2.11. The van der Waals surface area contributed by atoms with Crippen molar-refractivity contribution in [3.63, 3.8) is 0 Å². The van der Waals surface area contributed by atoms with E-state index in [1.807, 2.05) is 5.70 Å². The average Bonchev–Trinajstić information content (AvgIpc) is 1.41. The Morgan fingerprint density at radius 2 is 2.60 bits per heavy atom. The summed E-state index contributed by atoms with van der Waals surface area (Å²) in [5.74, 6) is 0. The molecule has 0 atom stereocenters. The molecule has 30 valence electrons. The maximum absolute atomic E-state index is 5.29. The van der Waals surface area contributed by atoms with E-state index in [2.05, 4.69) is 6.58 Å². The Balaban J connectivity index is 2.40. The van der Waals surface area contributed by atoms with E-state index in [0.29, 0.717) is 0 Å². The molecule has 0 aromatic carbocycles. The van der Waals surface area contributed by atoms with Crippen molar-refractivity contribution in [1.29, 1.82) is 0 Å². The molecule has 5 heavy (non-hydrogen) atoms. The molecule has 0 fully saturated rings. The number of alkyl halides is 1.